The number of para-hydroxylation sites is 2. The van der Waals surface area contributed by atoms with Crippen molar-refractivity contribution in [2.75, 3.05) is 15.9 Å². The van der Waals surface area contributed by atoms with Crippen LogP contribution in [0.3, 0.4) is 0 Å². The Morgan fingerprint density at radius 2 is 1.57 bits per heavy atom. The molecule has 0 bridgehead atoms. The topological polar surface area (TPSA) is 95.6 Å². The Morgan fingerprint density at radius 3 is 2.10 bits per heavy atom. The van der Waals surface area contributed by atoms with Gasteiger partial charge in [0.1, 0.15) is 6.04 Å². The summed E-state index contributed by atoms with van der Waals surface area (Å²) in [5.74, 6) is -0.836. The maximum absolute atomic E-state index is 13.1. The van der Waals surface area contributed by atoms with Gasteiger partial charge in [-0.2, -0.15) is 0 Å². The van der Waals surface area contributed by atoms with Crippen LogP contribution in [0.2, 0.25) is 0 Å². The van der Waals surface area contributed by atoms with Crippen LogP contribution in [-0.4, -0.2) is 38.1 Å². The van der Waals surface area contributed by atoms with Crippen LogP contribution >= 0.6 is 0 Å². The van der Waals surface area contributed by atoms with E-state index in [-0.39, 0.29) is 12.3 Å². The molecule has 2 amide bonds. The molecule has 0 aliphatic carbocycles. The van der Waals surface area contributed by atoms with Gasteiger partial charge in [-0.25, -0.2) is 8.42 Å². The van der Waals surface area contributed by atoms with Crippen molar-refractivity contribution in [3.8, 4) is 0 Å². The van der Waals surface area contributed by atoms with Crippen LogP contribution in [0.5, 0.6) is 0 Å². The molecule has 0 saturated carbocycles. The van der Waals surface area contributed by atoms with Crippen LogP contribution in [0.15, 0.2) is 54.6 Å². The third-order valence-electron chi connectivity index (χ3n) is 4.26. The monoisotopic (exact) mass is 431 g/mol. The van der Waals surface area contributed by atoms with Gasteiger partial charge in [0.05, 0.1) is 23.2 Å². The first kappa shape index (κ1) is 23.4. The van der Waals surface area contributed by atoms with Crippen LogP contribution in [-0.2, 0) is 14.8 Å². The highest BCUT2D eigenvalue weighted by molar-refractivity contribution is 7.92. The van der Waals surface area contributed by atoms with Crippen molar-refractivity contribution in [2.24, 2.45) is 0 Å². The predicted octanol–water partition coefficient (Wildman–Crippen LogP) is 3.40. The van der Waals surface area contributed by atoms with E-state index in [1.807, 2.05) is 20.8 Å². The van der Waals surface area contributed by atoms with E-state index in [1.165, 1.54) is 0 Å². The average molecular weight is 432 g/mol. The summed E-state index contributed by atoms with van der Waals surface area (Å²) in [4.78, 5) is 25.8. The summed E-state index contributed by atoms with van der Waals surface area (Å²) in [7, 11) is -3.72. The van der Waals surface area contributed by atoms with Crippen molar-refractivity contribution in [1.82, 2.24) is 5.32 Å². The summed E-state index contributed by atoms with van der Waals surface area (Å²) in [6.07, 6.45) is 1.32. The lowest BCUT2D eigenvalue weighted by molar-refractivity contribution is -0.117. The molecule has 0 aromatic heterocycles. The molecule has 2 rings (SSSR count). The molecule has 7 nitrogen and oxygen atoms in total. The van der Waals surface area contributed by atoms with Gasteiger partial charge in [-0.1, -0.05) is 37.3 Å². The van der Waals surface area contributed by atoms with Gasteiger partial charge in [0.25, 0.3) is 5.91 Å². The molecule has 162 valence electrons. The van der Waals surface area contributed by atoms with E-state index >= 15 is 0 Å². The minimum Gasteiger partial charge on any atom is -0.347 e. The smallest absolute Gasteiger partial charge is 0.253 e. The Labute approximate surface area is 178 Å². The number of anilines is 2. The van der Waals surface area contributed by atoms with Gasteiger partial charge >= 0.3 is 0 Å². The van der Waals surface area contributed by atoms with E-state index in [4.69, 9.17) is 0 Å². The second-order valence-corrected chi connectivity index (χ2v) is 9.92. The largest absolute Gasteiger partial charge is 0.347 e. The summed E-state index contributed by atoms with van der Waals surface area (Å²) in [6, 6.07) is 14.2. The third-order valence-corrected chi connectivity index (χ3v) is 5.44. The van der Waals surface area contributed by atoms with Gasteiger partial charge in [0, 0.05) is 5.54 Å². The zero-order valence-electron chi connectivity index (χ0n) is 18.0. The van der Waals surface area contributed by atoms with Gasteiger partial charge in [0.15, 0.2) is 0 Å². The average Bonchev–Trinajstić information content (AvgIpc) is 2.64. The molecule has 2 aromatic rings. The van der Waals surface area contributed by atoms with Gasteiger partial charge in [-0.05, 0) is 51.5 Å². The fourth-order valence-electron chi connectivity index (χ4n) is 3.05. The van der Waals surface area contributed by atoms with E-state index in [1.54, 1.807) is 61.5 Å². The number of amides is 2. The number of sulfonamides is 1. The molecule has 0 heterocycles. The molecule has 1 unspecified atom stereocenters. The van der Waals surface area contributed by atoms with E-state index in [2.05, 4.69) is 10.6 Å². The molecule has 0 spiro atoms. The van der Waals surface area contributed by atoms with E-state index in [0.29, 0.717) is 16.9 Å². The van der Waals surface area contributed by atoms with Crippen molar-refractivity contribution in [1.29, 1.82) is 0 Å². The highest BCUT2D eigenvalue weighted by Gasteiger charge is 2.32. The number of carbonyl (C=O) groups is 2. The minimum atomic E-state index is -3.72. The Bertz CT molecular complexity index is 999. The van der Waals surface area contributed by atoms with Crippen molar-refractivity contribution in [3.63, 3.8) is 0 Å². The number of benzene rings is 2. The maximum Gasteiger partial charge on any atom is 0.253 e. The molecule has 0 aliphatic rings. The summed E-state index contributed by atoms with van der Waals surface area (Å²) in [5.41, 5.74) is 0.590. The fraction of sp³-hybridized carbons (Fsp3) is 0.364. The van der Waals surface area contributed by atoms with Crippen LogP contribution in [0.1, 0.15) is 44.5 Å². The Balaban J connectivity index is 2.37. The molecule has 2 N–H and O–H groups in total. The Hall–Kier alpha value is -2.87. The van der Waals surface area contributed by atoms with Crippen LogP contribution in [0.25, 0.3) is 0 Å². The summed E-state index contributed by atoms with van der Waals surface area (Å²) >= 11 is 0. The molecule has 1 atom stereocenters. The number of rotatable bonds is 7. The highest BCUT2D eigenvalue weighted by Crippen LogP contribution is 2.24. The first-order chi connectivity index (χ1) is 13.9. The lowest BCUT2D eigenvalue weighted by atomic mass is 10.1. The Kier molecular flexibility index (Phi) is 7.25. The van der Waals surface area contributed by atoms with Crippen molar-refractivity contribution in [3.05, 3.63) is 60.2 Å². The van der Waals surface area contributed by atoms with Gasteiger partial charge in [-0.3, -0.25) is 13.9 Å². The number of carbonyl (C=O) groups excluding carboxylic acids is 2. The van der Waals surface area contributed by atoms with Crippen molar-refractivity contribution in [2.45, 2.75) is 45.7 Å². The van der Waals surface area contributed by atoms with Gasteiger partial charge in [0.2, 0.25) is 15.9 Å². The number of hydrogen-bond donors (Lipinski definition) is 2. The normalized spacial score (nSPS) is 12.7. The molecule has 0 aliphatic heterocycles. The van der Waals surface area contributed by atoms with Crippen LogP contribution in [0, 0.1) is 0 Å². The van der Waals surface area contributed by atoms with Crippen LogP contribution in [0.4, 0.5) is 11.4 Å². The number of hydrogen-bond acceptors (Lipinski definition) is 4. The SMILES string of the molecule is CCC(C(=O)Nc1ccccc1C(=O)NC(C)(C)C)N(c1ccccc1)S(C)(=O)=O. The molecule has 30 heavy (non-hydrogen) atoms. The van der Waals surface area contributed by atoms with Gasteiger partial charge < -0.3 is 10.6 Å². The summed E-state index contributed by atoms with van der Waals surface area (Å²) in [5, 5.41) is 5.61. The summed E-state index contributed by atoms with van der Waals surface area (Å²) in [6.45, 7) is 7.33. The second-order valence-electron chi connectivity index (χ2n) is 8.06. The van der Waals surface area contributed by atoms with Crippen molar-refractivity contribution >= 4 is 33.2 Å². The van der Waals surface area contributed by atoms with E-state index in [0.717, 1.165) is 10.6 Å². The van der Waals surface area contributed by atoms with E-state index < -0.39 is 27.5 Å². The molecule has 0 saturated heterocycles. The Morgan fingerprint density at radius 1 is 1.00 bits per heavy atom. The lowest BCUT2D eigenvalue weighted by Crippen LogP contribution is -2.47. The molecular weight excluding hydrogens is 402 g/mol. The molecule has 0 fully saturated rings. The molecule has 8 heteroatoms. The molecular formula is C22H29N3O4S. The highest BCUT2D eigenvalue weighted by atomic mass is 32.2. The molecule has 0 radical (unpaired) electrons. The predicted molar refractivity (Wildman–Crippen MR) is 120 cm³/mol. The quantitative estimate of drug-likeness (QED) is 0.702. The zero-order chi connectivity index (χ0) is 22.5. The molecule has 2 aromatic carbocycles. The number of nitrogens with zero attached hydrogens (tertiary/aromatic N) is 1. The first-order valence-corrected chi connectivity index (χ1v) is 11.6. The zero-order valence-corrected chi connectivity index (χ0v) is 18.8. The fourth-order valence-corrected chi connectivity index (χ4v) is 4.26. The van der Waals surface area contributed by atoms with Gasteiger partial charge in [-0.15, -0.1) is 0 Å². The van der Waals surface area contributed by atoms with Crippen LogP contribution < -0.4 is 14.9 Å². The lowest BCUT2D eigenvalue weighted by Gasteiger charge is -2.30. The maximum atomic E-state index is 13.1. The standard InChI is InChI=1S/C22H29N3O4S/c1-6-19(25(30(5,28)29)16-12-8-7-9-13-16)21(27)23-18-15-11-10-14-17(18)20(26)24-22(2,3)4/h7-15,19H,6H2,1-5H3,(H,23,27)(H,24,26). The number of nitrogens with one attached hydrogen (secondary N) is 2. The van der Waals surface area contributed by atoms with E-state index in [9.17, 15) is 18.0 Å². The third kappa shape index (κ3) is 6.06. The van der Waals surface area contributed by atoms with Crippen molar-refractivity contribution < 1.29 is 18.0 Å². The second kappa shape index (κ2) is 9.30. The first-order valence-electron chi connectivity index (χ1n) is 9.71. The minimum absolute atomic E-state index is 0.254. The summed E-state index contributed by atoms with van der Waals surface area (Å²) < 4.78 is 26.1.